The number of carbonyl (C=O) groups excluding carboxylic acids is 3. The summed E-state index contributed by atoms with van der Waals surface area (Å²) in [6, 6.07) is 7.44. The number of fused-ring (bicyclic) bond motifs is 2. The molecule has 1 atom stereocenters. The maximum Gasteiger partial charge on any atom is 0.407 e. The summed E-state index contributed by atoms with van der Waals surface area (Å²) < 4.78 is 5.18. The molecular weight excluding hydrogens is 358 g/mol. The van der Waals surface area contributed by atoms with Gasteiger partial charge in [-0.3, -0.25) is 9.69 Å². The molecule has 1 fully saturated rings. The van der Waals surface area contributed by atoms with Crippen molar-refractivity contribution < 1.29 is 19.1 Å². The van der Waals surface area contributed by atoms with E-state index in [0.717, 1.165) is 30.4 Å². The molecule has 0 saturated carbocycles. The Kier molecular flexibility index (Phi) is 5.91. The maximum absolute atomic E-state index is 12.7. The average Bonchev–Trinajstić information content (AvgIpc) is 2.85. The Morgan fingerprint density at radius 3 is 2.57 bits per heavy atom. The summed E-state index contributed by atoms with van der Waals surface area (Å²) in [4.78, 5) is 40.0. The van der Waals surface area contributed by atoms with Gasteiger partial charge in [0.15, 0.2) is 0 Å². The first kappa shape index (κ1) is 20.2. The highest BCUT2D eigenvalue weighted by molar-refractivity contribution is 6.04. The first-order valence-corrected chi connectivity index (χ1v) is 9.92. The van der Waals surface area contributed by atoms with E-state index in [1.54, 1.807) is 4.90 Å². The number of hydrogen-bond donors (Lipinski definition) is 1. The number of amides is 4. The molecule has 3 rings (SSSR count). The highest BCUT2D eigenvalue weighted by atomic mass is 16.6. The number of benzene rings is 1. The summed E-state index contributed by atoms with van der Waals surface area (Å²) >= 11 is 0. The molecule has 2 aliphatic heterocycles. The van der Waals surface area contributed by atoms with E-state index in [4.69, 9.17) is 4.74 Å². The zero-order valence-electron chi connectivity index (χ0n) is 16.9. The molecule has 1 N–H and O–H groups in total. The van der Waals surface area contributed by atoms with Crippen molar-refractivity contribution in [1.82, 2.24) is 15.1 Å². The van der Waals surface area contributed by atoms with Crippen molar-refractivity contribution in [2.45, 2.75) is 64.6 Å². The minimum Gasteiger partial charge on any atom is -0.444 e. The van der Waals surface area contributed by atoms with Gasteiger partial charge < -0.3 is 15.0 Å². The van der Waals surface area contributed by atoms with Crippen LogP contribution in [0.1, 0.15) is 51.2 Å². The van der Waals surface area contributed by atoms with Gasteiger partial charge in [0.05, 0.1) is 0 Å². The quantitative estimate of drug-likeness (QED) is 0.601. The van der Waals surface area contributed by atoms with Crippen LogP contribution in [0, 0.1) is 0 Å². The van der Waals surface area contributed by atoms with Crippen LogP contribution in [-0.2, 0) is 22.5 Å². The molecule has 0 spiro atoms. The normalized spacial score (nSPS) is 18.8. The van der Waals surface area contributed by atoms with Crippen molar-refractivity contribution in [3.8, 4) is 0 Å². The number of rotatable bonds is 6. The standard InChI is InChI=1S/C21H29N3O4/c1-21(2,3)28-19(26)22-11-7-4-8-12-23-18(25)17-13-15-9-5-6-10-16(15)14-24(17)20(23)27/h5-6,9-10,17H,4,7-8,11-14H2,1-3H3,(H,22,26)/t17-/m0/s1. The minimum atomic E-state index is -0.508. The average molecular weight is 387 g/mol. The summed E-state index contributed by atoms with van der Waals surface area (Å²) in [7, 11) is 0. The van der Waals surface area contributed by atoms with Gasteiger partial charge in [0.1, 0.15) is 11.6 Å². The van der Waals surface area contributed by atoms with E-state index in [0.29, 0.717) is 26.1 Å². The topological polar surface area (TPSA) is 79.0 Å². The van der Waals surface area contributed by atoms with E-state index >= 15 is 0 Å². The Balaban J connectivity index is 1.41. The molecule has 0 radical (unpaired) electrons. The molecule has 7 nitrogen and oxygen atoms in total. The summed E-state index contributed by atoms with van der Waals surface area (Å²) in [6.45, 7) is 6.91. The summed E-state index contributed by atoms with van der Waals surface area (Å²) in [5, 5.41) is 2.72. The molecule has 0 aliphatic carbocycles. The molecule has 1 aromatic carbocycles. The van der Waals surface area contributed by atoms with Crippen LogP contribution in [-0.4, -0.2) is 52.6 Å². The molecule has 1 aromatic rings. The number of nitrogens with one attached hydrogen (secondary N) is 1. The third-order valence-corrected chi connectivity index (χ3v) is 5.00. The number of unbranched alkanes of at least 4 members (excludes halogenated alkanes) is 2. The van der Waals surface area contributed by atoms with Gasteiger partial charge in [-0.05, 0) is 51.2 Å². The highest BCUT2D eigenvalue weighted by Gasteiger charge is 2.46. The van der Waals surface area contributed by atoms with E-state index in [9.17, 15) is 14.4 Å². The van der Waals surface area contributed by atoms with Gasteiger partial charge in [0.25, 0.3) is 5.91 Å². The number of ether oxygens (including phenoxy) is 1. The van der Waals surface area contributed by atoms with Crippen molar-refractivity contribution in [2.75, 3.05) is 13.1 Å². The molecule has 2 heterocycles. The van der Waals surface area contributed by atoms with Crippen molar-refractivity contribution in [3.05, 3.63) is 35.4 Å². The molecule has 2 aliphatic rings. The zero-order valence-corrected chi connectivity index (χ0v) is 16.9. The Morgan fingerprint density at radius 2 is 1.86 bits per heavy atom. The SMILES string of the molecule is CC(C)(C)OC(=O)NCCCCCN1C(=O)[C@@H]2Cc3ccccc3CN2C1=O. The lowest BCUT2D eigenvalue weighted by Gasteiger charge is -2.28. The molecule has 4 amide bonds. The predicted molar refractivity (Wildman–Crippen MR) is 105 cm³/mol. The molecular formula is C21H29N3O4. The molecule has 28 heavy (non-hydrogen) atoms. The Labute approximate surface area is 166 Å². The number of urea groups is 1. The molecule has 0 aromatic heterocycles. The van der Waals surface area contributed by atoms with Gasteiger partial charge in [0.2, 0.25) is 0 Å². The molecule has 7 heteroatoms. The van der Waals surface area contributed by atoms with Crippen molar-refractivity contribution >= 4 is 18.0 Å². The minimum absolute atomic E-state index is 0.0913. The van der Waals surface area contributed by atoms with Gasteiger partial charge in [-0.2, -0.15) is 0 Å². The van der Waals surface area contributed by atoms with Crippen LogP contribution in [0.5, 0.6) is 0 Å². The maximum atomic E-state index is 12.7. The predicted octanol–water partition coefficient (Wildman–Crippen LogP) is 3.07. The third kappa shape index (κ3) is 4.64. The number of nitrogens with zero attached hydrogens (tertiary/aromatic N) is 2. The van der Waals surface area contributed by atoms with Gasteiger partial charge in [0, 0.05) is 26.1 Å². The van der Waals surface area contributed by atoms with E-state index in [1.165, 1.54) is 4.90 Å². The fraction of sp³-hybridized carbons (Fsp3) is 0.571. The summed E-state index contributed by atoms with van der Waals surface area (Å²) in [5.74, 6) is -0.0913. The van der Waals surface area contributed by atoms with E-state index < -0.39 is 11.7 Å². The molecule has 0 bridgehead atoms. The third-order valence-electron chi connectivity index (χ3n) is 5.00. The molecule has 152 valence electrons. The van der Waals surface area contributed by atoms with Gasteiger partial charge in [-0.1, -0.05) is 24.3 Å². The second-order valence-electron chi connectivity index (χ2n) is 8.38. The Bertz CT molecular complexity index is 713. The van der Waals surface area contributed by atoms with Gasteiger partial charge >= 0.3 is 12.1 Å². The lowest BCUT2D eigenvalue weighted by molar-refractivity contribution is -0.128. The number of alkyl carbamates (subject to hydrolysis) is 1. The largest absolute Gasteiger partial charge is 0.444 e. The van der Waals surface area contributed by atoms with Gasteiger partial charge in [-0.15, -0.1) is 0 Å². The first-order valence-electron chi connectivity index (χ1n) is 9.92. The summed E-state index contributed by atoms with van der Waals surface area (Å²) in [6.07, 6.45) is 2.48. The van der Waals surface area contributed by atoms with Crippen molar-refractivity contribution in [1.29, 1.82) is 0 Å². The van der Waals surface area contributed by atoms with Crippen molar-refractivity contribution in [3.63, 3.8) is 0 Å². The van der Waals surface area contributed by atoms with E-state index in [1.807, 2.05) is 45.0 Å². The van der Waals surface area contributed by atoms with Crippen LogP contribution in [0.4, 0.5) is 9.59 Å². The fourth-order valence-electron chi connectivity index (χ4n) is 3.66. The second kappa shape index (κ2) is 8.20. The van der Waals surface area contributed by atoms with Crippen LogP contribution in [0.25, 0.3) is 0 Å². The first-order chi connectivity index (χ1) is 13.3. The second-order valence-corrected chi connectivity index (χ2v) is 8.38. The van der Waals surface area contributed by atoms with Crippen LogP contribution < -0.4 is 5.32 Å². The van der Waals surface area contributed by atoms with Crippen LogP contribution in [0.3, 0.4) is 0 Å². The van der Waals surface area contributed by atoms with E-state index in [-0.39, 0.29) is 18.0 Å². The number of imide groups is 1. The Hall–Kier alpha value is -2.57. The number of carbonyl (C=O) groups is 3. The van der Waals surface area contributed by atoms with Gasteiger partial charge in [-0.25, -0.2) is 9.59 Å². The van der Waals surface area contributed by atoms with Crippen LogP contribution >= 0.6 is 0 Å². The molecule has 1 saturated heterocycles. The van der Waals surface area contributed by atoms with Crippen LogP contribution in [0.2, 0.25) is 0 Å². The molecule has 0 unspecified atom stereocenters. The summed E-state index contributed by atoms with van der Waals surface area (Å²) in [5.41, 5.74) is 1.77. The lowest BCUT2D eigenvalue weighted by atomic mass is 9.95. The Morgan fingerprint density at radius 1 is 1.14 bits per heavy atom. The smallest absolute Gasteiger partial charge is 0.407 e. The lowest BCUT2D eigenvalue weighted by Crippen LogP contribution is -2.39. The zero-order chi connectivity index (χ0) is 20.3. The van der Waals surface area contributed by atoms with E-state index in [2.05, 4.69) is 5.32 Å². The monoisotopic (exact) mass is 387 g/mol. The van der Waals surface area contributed by atoms with Crippen LogP contribution in [0.15, 0.2) is 24.3 Å². The highest BCUT2D eigenvalue weighted by Crippen LogP contribution is 2.30. The van der Waals surface area contributed by atoms with Crippen molar-refractivity contribution in [2.24, 2.45) is 0 Å². The number of hydrogen-bond acceptors (Lipinski definition) is 4. The fourth-order valence-corrected chi connectivity index (χ4v) is 3.66.